The van der Waals surface area contributed by atoms with Crippen LogP contribution in [0.15, 0.2) is 78.9 Å². The Bertz CT molecular complexity index is 1770. The van der Waals surface area contributed by atoms with E-state index in [4.69, 9.17) is 9.97 Å². The van der Waals surface area contributed by atoms with Crippen molar-refractivity contribution in [3.8, 4) is 22.5 Å². The Morgan fingerprint density at radius 2 is 1.62 bits per heavy atom. The molecule has 6 rings (SSSR count). The molecule has 200 valence electrons. The van der Waals surface area contributed by atoms with Gasteiger partial charge >= 0.3 is 0 Å². The number of aryl methyl sites for hydroxylation is 3. The zero-order chi connectivity index (χ0) is 27.6. The second-order valence-electron chi connectivity index (χ2n) is 10.3. The smallest absolute Gasteiger partial charge is 0.180 e. The molecule has 0 radical (unpaired) electrons. The third kappa shape index (κ3) is 4.68. The summed E-state index contributed by atoms with van der Waals surface area (Å²) in [6, 6.07) is 27.8. The third-order valence-electron chi connectivity index (χ3n) is 7.71. The van der Waals surface area contributed by atoms with Crippen LogP contribution in [0.1, 0.15) is 60.6 Å². The predicted molar refractivity (Wildman–Crippen MR) is 159 cm³/mol. The van der Waals surface area contributed by atoms with Gasteiger partial charge in [-0.25, -0.2) is 15.1 Å². The van der Waals surface area contributed by atoms with E-state index in [1.807, 2.05) is 12.1 Å². The van der Waals surface area contributed by atoms with Gasteiger partial charge in [-0.2, -0.15) is 0 Å². The number of tetrazole rings is 1. The number of imidazole rings is 1. The number of pyridine rings is 1. The summed E-state index contributed by atoms with van der Waals surface area (Å²) >= 11 is 0. The molecule has 0 aliphatic carbocycles. The van der Waals surface area contributed by atoms with Gasteiger partial charge in [0.1, 0.15) is 11.3 Å². The molecule has 0 saturated carbocycles. The maximum atomic E-state index is 5.19. The van der Waals surface area contributed by atoms with Crippen LogP contribution < -0.4 is 0 Å². The van der Waals surface area contributed by atoms with Gasteiger partial charge in [-0.3, -0.25) is 0 Å². The summed E-state index contributed by atoms with van der Waals surface area (Å²) < 4.78 is 2.35. The first-order chi connectivity index (χ1) is 19.6. The van der Waals surface area contributed by atoms with E-state index in [0.29, 0.717) is 5.82 Å². The lowest BCUT2D eigenvalue weighted by Gasteiger charge is -2.21. The molecular formula is C33H33N7. The number of aromatic nitrogens is 7. The molecule has 3 heterocycles. The summed E-state index contributed by atoms with van der Waals surface area (Å²) in [5.74, 6) is 1.72. The molecule has 0 aliphatic rings. The highest BCUT2D eigenvalue weighted by molar-refractivity contribution is 5.81. The summed E-state index contributed by atoms with van der Waals surface area (Å²) in [5.41, 5.74) is 11.3. The highest BCUT2D eigenvalue weighted by Gasteiger charge is 2.22. The first kappa shape index (κ1) is 25.6. The van der Waals surface area contributed by atoms with Crippen molar-refractivity contribution in [3.05, 3.63) is 113 Å². The zero-order valence-electron chi connectivity index (χ0n) is 23.4. The summed E-state index contributed by atoms with van der Waals surface area (Å²) in [6.07, 6.45) is 2.55. The average Bonchev–Trinajstić information content (AvgIpc) is 3.66. The van der Waals surface area contributed by atoms with Crippen molar-refractivity contribution >= 4 is 11.2 Å². The largest absolute Gasteiger partial charge is 0.305 e. The molecular weight excluding hydrogens is 494 g/mol. The van der Waals surface area contributed by atoms with E-state index in [9.17, 15) is 0 Å². The van der Waals surface area contributed by atoms with E-state index in [1.54, 1.807) is 0 Å². The lowest BCUT2D eigenvalue weighted by molar-refractivity contribution is 0.612. The second kappa shape index (κ2) is 10.8. The van der Waals surface area contributed by atoms with E-state index >= 15 is 0 Å². The number of fused-ring (bicyclic) bond motifs is 1. The molecule has 40 heavy (non-hydrogen) atoms. The van der Waals surface area contributed by atoms with E-state index in [0.717, 1.165) is 58.6 Å². The fraction of sp³-hybridized carbons (Fsp3) is 0.242. The normalized spacial score (nSPS) is 12.2. The molecule has 7 heteroatoms. The number of nitrogens with zero attached hydrogens (tertiary/aromatic N) is 6. The maximum absolute atomic E-state index is 5.19. The Morgan fingerprint density at radius 1 is 0.850 bits per heavy atom. The van der Waals surface area contributed by atoms with Crippen molar-refractivity contribution in [1.29, 1.82) is 0 Å². The minimum absolute atomic E-state index is 0.0801. The molecule has 3 aromatic heterocycles. The zero-order valence-corrected chi connectivity index (χ0v) is 23.4. The minimum Gasteiger partial charge on any atom is -0.305 e. The second-order valence-corrected chi connectivity index (χ2v) is 10.3. The molecule has 1 N–H and O–H groups in total. The van der Waals surface area contributed by atoms with Crippen molar-refractivity contribution in [2.24, 2.45) is 0 Å². The van der Waals surface area contributed by atoms with Gasteiger partial charge in [-0.1, -0.05) is 86.6 Å². The standard InChI is InChI=1S/C33H33N7/c1-5-24-20-25(28-14-10-11-15-29(28)32-36-38-39-37-32)16-17-27(24)22(4)40-30(6-2)35-31-21(3)18-26(34-33(31)40)19-23-12-8-7-9-13-23/h7-18,20,22H,5-6,19H2,1-4H3,(H,36,37,38,39)/t22-/m0/s1. The number of rotatable bonds is 8. The van der Waals surface area contributed by atoms with Gasteiger partial charge in [0.15, 0.2) is 11.5 Å². The van der Waals surface area contributed by atoms with Crippen molar-refractivity contribution in [2.75, 3.05) is 0 Å². The van der Waals surface area contributed by atoms with Crippen LogP contribution in [0.2, 0.25) is 0 Å². The van der Waals surface area contributed by atoms with Gasteiger partial charge in [-0.15, -0.1) is 5.10 Å². The summed E-state index contributed by atoms with van der Waals surface area (Å²) in [7, 11) is 0. The number of benzene rings is 3. The predicted octanol–water partition coefficient (Wildman–Crippen LogP) is 6.91. The molecule has 0 saturated heterocycles. The van der Waals surface area contributed by atoms with Crippen molar-refractivity contribution in [1.82, 2.24) is 35.2 Å². The number of aromatic amines is 1. The van der Waals surface area contributed by atoms with Gasteiger partial charge < -0.3 is 4.57 Å². The van der Waals surface area contributed by atoms with Crippen LogP contribution in [-0.2, 0) is 19.3 Å². The Hall–Kier alpha value is -4.65. The molecule has 7 nitrogen and oxygen atoms in total. The average molecular weight is 528 g/mol. The van der Waals surface area contributed by atoms with Crippen LogP contribution >= 0.6 is 0 Å². The van der Waals surface area contributed by atoms with E-state index in [1.165, 1.54) is 22.3 Å². The molecule has 0 bridgehead atoms. The van der Waals surface area contributed by atoms with E-state index < -0.39 is 0 Å². The van der Waals surface area contributed by atoms with Crippen molar-refractivity contribution in [2.45, 2.75) is 53.0 Å². The fourth-order valence-electron chi connectivity index (χ4n) is 5.72. The SMILES string of the molecule is CCc1cc(-c2ccccc2-c2nnn[nH]2)ccc1[C@H](C)n1c(CC)nc2c(C)cc(Cc3ccccc3)nc21. The van der Waals surface area contributed by atoms with Gasteiger partial charge in [0.25, 0.3) is 0 Å². The highest BCUT2D eigenvalue weighted by atomic mass is 15.5. The first-order valence-electron chi connectivity index (χ1n) is 13.9. The molecule has 0 spiro atoms. The maximum Gasteiger partial charge on any atom is 0.180 e. The van der Waals surface area contributed by atoms with Crippen LogP contribution in [0.3, 0.4) is 0 Å². The highest BCUT2D eigenvalue weighted by Crippen LogP contribution is 2.35. The quantitative estimate of drug-likeness (QED) is 0.232. The van der Waals surface area contributed by atoms with Crippen LogP contribution in [0, 0.1) is 6.92 Å². The fourth-order valence-corrected chi connectivity index (χ4v) is 5.72. The summed E-state index contributed by atoms with van der Waals surface area (Å²) in [5, 5.41) is 14.6. The Kier molecular flexibility index (Phi) is 6.95. The van der Waals surface area contributed by atoms with E-state index in [2.05, 4.69) is 120 Å². The lowest BCUT2D eigenvalue weighted by Crippen LogP contribution is -2.13. The van der Waals surface area contributed by atoms with Crippen molar-refractivity contribution in [3.63, 3.8) is 0 Å². The molecule has 0 unspecified atom stereocenters. The molecule has 6 aromatic rings. The minimum atomic E-state index is 0.0801. The Labute approximate surface area is 234 Å². The monoisotopic (exact) mass is 527 g/mol. The van der Waals surface area contributed by atoms with E-state index in [-0.39, 0.29) is 6.04 Å². The number of hydrogen-bond acceptors (Lipinski definition) is 5. The van der Waals surface area contributed by atoms with Crippen LogP contribution in [0.5, 0.6) is 0 Å². The molecule has 1 atom stereocenters. The topological polar surface area (TPSA) is 85.2 Å². The molecule has 0 amide bonds. The number of H-pyrrole nitrogens is 1. The first-order valence-corrected chi connectivity index (χ1v) is 13.9. The number of nitrogens with one attached hydrogen (secondary N) is 1. The van der Waals surface area contributed by atoms with Gasteiger partial charge in [0.2, 0.25) is 0 Å². The molecule has 0 fully saturated rings. The third-order valence-corrected chi connectivity index (χ3v) is 7.71. The van der Waals surface area contributed by atoms with Crippen molar-refractivity contribution < 1.29 is 0 Å². The summed E-state index contributed by atoms with van der Waals surface area (Å²) in [6.45, 7) is 8.80. The van der Waals surface area contributed by atoms with Crippen LogP contribution in [0.4, 0.5) is 0 Å². The van der Waals surface area contributed by atoms with Gasteiger partial charge in [0.05, 0.1) is 6.04 Å². The van der Waals surface area contributed by atoms with Crippen LogP contribution in [-0.4, -0.2) is 35.2 Å². The van der Waals surface area contributed by atoms with Crippen LogP contribution in [0.25, 0.3) is 33.7 Å². The number of hydrogen-bond donors (Lipinski definition) is 1. The summed E-state index contributed by atoms with van der Waals surface area (Å²) in [4.78, 5) is 10.2. The van der Waals surface area contributed by atoms with Gasteiger partial charge in [0, 0.05) is 24.1 Å². The van der Waals surface area contributed by atoms with Gasteiger partial charge in [-0.05, 0) is 70.1 Å². The molecule has 0 aliphatic heterocycles. The Balaban J connectivity index is 1.43. The Morgan fingerprint density at radius 3 is 2.35 bits per heavy atom. The molecule has 3 aromatic carbocycles. The lowest BCUT2D eigenvalue weighted by atomic mass is 9.92.